The maximum absolute atomic E-state index is 12.2. The lowest BCUT2D eigenvalue weighted by molar-refractivity contribution is 0.0942. The number of amides is 1. The van der Waals surface area contributed by atoms with Crippen molar-refractivity contribution < 1.29 is 14.3 Å². The second-order valence-corrected chi connectivity index (χ2v) is 4.27. The molecule has 0 bridgehead atoms. The molecular weight excluding hydrogens is 248 g/mol. The normalized spacial score (nSPS) is 18.1. The fourth-order valence-corrected chi connectivity index (χ4v) is 2.09. The van der Waals surface area contributed by atoms with E-state index in [1.807, 2.05) is 0 Å². The lowest BCUT2D eigenvalue weighted by Gasteiger charge is -2.13. The van der Waals surface area contributed by atoms with Gasteiger partial charge in [0.05, 0.1) is 14.2 Å². The summed E-state index contributed by atoms with van der Waals surface area (Å²) in [4.78, 5) is 20.0. The summed E-state index contributed by atoms with van der Waals surface area (Å²) in [6.07, 6.45) is 3.51. The highest BCUT2D eigenvalue weighted by Gasteiger charge is 2.22. The van der Waals surface area contributed by atoms with Crippen LogP contribution in [0.25, 0.3) is 0 Å². The maximum Gasteiger partial charge on any atom is 0.262 e. The highest BCUT2D eigenvalue weighted by Crippen LogP contribution is 2.22. The highest BCUT2D eigenvalue weighted by molar-refractivity contribution is 5.98. The van der Waals surface area contributed by atoms with E-state index in [2.05, 4.69) is 20.6 Å². The van der Waals surface area contributed by atoms with Crippen LogP contribution in [0.5, 0.6) is 11.8 Å². The largest absolute Gasteiger partial charge is 0.480 e. The number of nitrogens with zero attached hydrogens (tertiary/aromatic N) is 2. The zero-order valence-corrected chi connectivity index (χ0v) is 11.1. The number of ether oxygens (including phenoxy) is 2. The molecule has 0 aromatic carbocycles. The molecule has 2 rings (SSSR count). The number of hydrogen-bond acceptors (Lipinski definition) is 6. The molecule has 0 unspecified atom stereocenters. The monoisotopic (exact) mass is 266 g/mol. The van der Waals surface area contributed by atoms with Crippen molar-refractivity contribution in [3.05, 3.63) is 11.9 Å². The molecule has 104 valence electrons. The van der Waals surface area contributed by atoms with E-state index in [-0.39, 0.29) is 23.2 Å². The van der Waals surface area contributed by atoms with Crippen LogP contribution >= 0.6 is 0 Å². The van der Waals surface area contributed by atoms with E-state index < -0.39 is 0 Å². The number of hydrogen-bond donors (Lipinski definition) is 2. The van der Waals surface area contributed by atoms with Crippen LogP contribution in [0.4, 0.5) is 0 Å². The molecule has 7 heteroatoms. The van der Waals surface area contributed by atoms with Crippen molar-refractivity contribution in [2.24, 2.45) is 0 Å². The first-order valence-electron chi connectivity index (χ1n) is 6.20. The van der Waals surface area contributed by atoms with Crippen LogP contribution < -0.4 is 20.1 Å². The summed E-state index contributed by atoms with van der Waals surface area (Å²) in [5.74, 6) is 0.135. The van der Waals surface area contributed by atoms with Gasteiger partial charge in [-0.3, -0.25) is 4.79 Å². The molecular formula is C12H18N4O3. The fourth-order valence-electron chi connectivity index (χ4n) is 2.09. The predicted octanol–water partition coefficient (Wildman–Crippen LogP) is -0.0244. The molecule has 0 aliphatic carbocycles. The number of carbonyl (C=O) groups excluding carboxylic acids is 1. The van der Waals surface area contributed by atoms with E-state index in [0.29, 0.717) is 12.6 Å². The Morgan fingerprint density at radius 1 is 1.42 bits per heavy atom. The second-order valence-electron chi connectivity index (χ2n) is 4.27. The fraction of sp³-hybridized carbons (Fsp3) is 0.583. The van der Waals surface area contributed by atoms with E-state index >= 15 is 0 Å². The maximum atomic E-state index is 12.2. The number of nitrogens with one attached hydrogen (secondary N) is 2. The topological polar surface area (TPSA) is 85.4 Å². The van der Waals surface area contributed by atoms with Gasteiger partial charge in [-0.25, -0.2) is 9.97 Å². The molecule has 1 fully saturated rings. The molecule has 1 saturated heterocycles. The Morgan fingerprint density at radius 2 is 2.11 bits per heavy atom. The second kappa shape index (κ2) is 6.33. The first kappa shape index (κ1) is 13.5. The molecule has 2 N–H and O–H groups in total. The first-order chi connectivity index (χ1) is 9.26. The Balaban J connectivity index is 2.08. The Hall–Kier alpha value is -1.89. The number of aromatic nitrogens is 2. The van der Waals surface area contributed by atoms with Gasteiger partial charge in [0.25, 0.3) is 5.91 Å². The average Bonchev–Trinajstić information content (AvgIpc) is 2.97. The van der Waals surface area contributed by atoms with Crippen molar-refractivity contribution in [3.8, 4) is 11.8 Å². The molecule has 2 heterocycles. The van der Waals surface area contributed by atoms with Crippen LogP contribution in [0.3, 0.4) is 0 Å². The van der Waals surface area contributed by atoms with E-state index in [4.69, 9.17) is 9.47 Å². The van der Waals surface area contributed by atoms with Crippen molar-refractivity contribution in [1.29, 1.82) is 0 Å². The number of carbonyl (C=O) groups is 1. The zero-order chi connectivity index (χ0) is 13.7. The Kier molecular flexibility index (Phi) is 4.51. The molecule has 19 heavy (non-hydrogen) atoms. The van der Waals surface area contributed by atoms with E-state index in [1.54, 1.807) is 0 Å². The van der Waals surface area contributed by atoms with Crippen LogP contribution in [0, 0.1) is 0 Å². The number of methoxy groups -OCH3 is 2. The van der Waals surface area contributed by atoms with E-state index in [0.717, 1.165) is 19.4 Å². The van der Waals surface area contributed by atoms with Crippen molar-refractivity contribution in [2.45, 2.75) is 18.9 Å². The number of rotatable bonds is 5. The van der Waals surface area contributed by atoms with E-state index in [1.165, 1.54) is 20.5 Å². The van der Waals surface area contributed by atoms with Gasteiger partial charge in [-0.15, -0.1) is 0 Å². The molecule has 1 aliphatic heterocycles. The Bertz CT molecular complexity index is 424. The molecule has 0 spiro atoms. The van der Waals surface area contributed by atoms with Crippen molar-refractivity contribution >= 4 is 5.91 Å². The van der Waals surface area contributed by atoms with Gasteiger partial charge in [0.1, 0.15) is 6.33 Å². The van der Waals surface area contributed by atoms with Crippen LogP contribution in [-0.2, 0) is 0 Å². The van der Waals surface area contributed by atoms with Crippen molar-refractivity contribution in [2.75, 3.05) is 27.3 Å². The van der Waals surface area contributed by atoms with Gasteiger partial charge in [-0.05, 0) is 19.4 Å². The van der Waals surface area contributed by atoms with Crippen LogP contribution in [-0.4, -0.2) is 49.2 Å². The van der Waals surface area contributed by atoms with Crippen molar-refractivity contribution in [3.63, 3.8) is 0 Å². The smallest absolute Gasteiger partial charge is 0.262 e. The average molecular weight is 266 g/mol. The lowest BCUT2D eigenvalue weighted by Crippen LogP contribution is -2.37. The molecule has 1 amide bonds. The first-order valence-corrected chi connectivity index (χ1v) is 6.20. The van der Waals surface area contributed by atoms with Gasteiger partial charge >= 0.3 is 0 Å². The van der Waals surface area contributed by atoms with E-state index in [9.17, 15) is 4.79 Å². The van der Waals surface area contributed by atoms with Gasteiger partial charge in [0, 0.05) is 12.6 Å². The molecule has 1 aliphatic rings. The summed E-state index contributed by atoms with van der Waals surface area (Å²) in [6, 6.07) is 0.325. The molecule has 1 aromatic heterocycles. The van der Waals surface area contributed by atoms with Crippen LogP contribution in [0.2, 0.25) is 0 Å². The summed E-state index contributed by atoms with van der Waals surface area (Å²) in [7, 11) is 2.91. The quantitative estimate of drug-likeness (QED) is 0.779. The summed E-state index contributed by atoms with van der Waals surface area (Å²) in [6.45, 7) is 1.57. The molecule has 0 radical (unpaired) electrons. The summed E-state index contributed by atoms with van der Waals surface area (Å²) in [5.41, 5.74) is 0.227. The molecule has 7 nitrogen and oxygen atoms in total. The third kappa shape index (κ3) is 3.11. The minimum atomic E-state index is -0.289. The Morgan fingerprint density at radius 3 is 2.63 bits per heavy atom. The lowest BCUT2D eigenvalue weighted by atomic mass is 10.2. The zero-order valence-electron chi connectivity index (χ0n) is 11.1. The van der Waals surface area contributed by atoms with Gasteiger partial charge < -0.3 is 20.1 Å². The minimum Gasteiger partial charge on any atom is -0.480 e. The van der Waals surface area contributed by atoms with Crippen LogP contribution in [0.1, 0.15) is 23.2 Å². The van der Waals surface area contributed by atoms with Gasteiger partial charge in [-0.1, -0.05) is 0 Å². The van der Waals surface area contributed by atoms with Gasteiger partial charge in [-0.2, -0.15) is 0 Å². The Labute approximate surface area is 111 Å². The highest BCUT2D eigenvalue weighted by atomic mass is 16.5. The standard InChI is InChI=1S/C12H18N4O3/c1-18-11-9(12(19-2)16-7-15-11)10(17)14-6-8-4-3-5-13-8/h7-8,13H,3-6H2,1-2H3,(H,14,17)/t8-/m0/s1. The third-order valence-corrected chi connectivity index (χ3v) is 3.06. The van der Waals surface area contributed by atoms with Crippen LogP contribution in [0.15, 0.2) is 6.33 Å². The minimum absolute atomic E-state index is 0.212. The summed E-state index contributed by atoms with van der Waals surface area (Å²) >= 11 is 0. The van der Waals surface area contributed by atoms with Gasteiger partial charge in [0.2, 0.25) is 11.8 Å². The predicted molar refractivity (Wildman–Crippen MR) is 68.5 cm³/mol. The molecule has 1 atom stereocenters. The molecule has 1 aromatic rings. The summed E-state index contributed by atoms with van der Waals surface area (Å²) in [5, 5.41) is 6.16. The third-order valence-electron chi connectivity index (χ3n) is 3.06. The SMILES string of the molecule is COc1ncnc(OC)c1C(=O)NC[C@@H]1CCCN1. The summed E-state index contributed by atoms with van der Waals surface area (Å²) < 4.78 is 10.1. The van der Waals surface area contributed by atoms with Gasteiger partial charge in [0.15, 0.2) is 5.56 Å². The molecule has 0 saturated carbocycles. The van der Waals surface area contributed by atoms with Crippen molar-refractivity contribution in [1.82, 2.24) is 20.6 Å².